The fraction of sp³-hybridized carbons (Fsp3) is 0.263. The molecule has 25 heavy (non-hydrogen) atoms. The molecule has 0 unspecified atom stereocenters. The maximum absolute atomic E-state index is 12.2. The minimum absolute atomic E-state index is 0.235. The molecule has 1 heterocycles. The second kappa shape index (κ2) is 8.03. The maximum atomic E-state index is 12.2. The number of carbonyl (C=O) groups excluding carboxylic acids is 2. The Hall–Kier alpha value is -2.53. The molecule has 0 saturated heterocycles. The number of hydrogen-bond donors (Lipinski definition) is 1. The fourth-order valence-electron chi connectivity index (χ4n) is 2.62. The highest BCUT2D eigenvalue weighted by molar-refractivity contribution is 6.30. The van der Waals surface area contributed by atoms with Crippen molar-refractivity contribution in [2.75, 3.05) is 13.2 Å². The number of esters is 1. The van der Waals surface area contributed by atoms with Gasteiger partial charge in [-0.25, -0.2) is 0 Å². The molecule has 6 heteroatoms. The minimum atomic E-state index is -0.444. The first-order chi connectivity index (χ1) is 12.1. The second-order valence-corrected chi connectivity index (χ2v) is 6.27. The van der Waals surface area contributed by atoms with Gasteiger partial charge in [-0.2, -0.15) is 0 Å². The summed E-state index contributed by atoms with van der Waals surface area (Å²) in [6, 6.07) is 14.8. The quantitative estimate of drug-likeness (QED) is 0.834. The number of hydrogen-bond acceptors (Lipinski definition) is 4. The van der Waals surface area contributed by atoms with E-state index in [0.717, 1.165) is 16.9 Å². The molecule has 1 aliphatic heterocycles. The van der Waals surface area contributed by atoms with Crippen molar-refractivity contribution in [3.63, 3.8) is 0 Å². The van der Waals surface area contributed by atoms with E-state index in [0.29, 0.717) is 18.0 Å². The van der Waals surface area contributed by atoms with Crippen molar-refractivity contribution in [3.8, 4) is 5.75 Å². The third kappa shape index (κ3) is 4.73. The molecule has 0 bridgehead atoms. The van der Waals surface area contributed by atoms with Gasteiger partial charge in [-0.1, -0.05) is 41.9 Å². The highest BCUT2D eigenvalue weighted by Gasteiger charge is 2.27. The van der Waals surface area contributed by atoms with E-state index in [4.69, 9.17) is 21.1 Å². The number of benzene rings is 2. The van der Waals surface area contributed by atoms with Gasteiger partial charge in [-0.15, -0.1) is 0 Å². The lowest BCUT2D eigenvalue weighted by Crippen LogP contribution is -2.33. The first-order valence-electron chi connectivity index (χ1n) is 8.00. The van der Waals surface area contributed by atoms with Crippen LogP contribution in [-0.4, -0.2) is 25.1 Å². The largest absolute Gasteiger partial charge is 0.492 e. The number of amides is 1. The first-order valence-corrected chi connectivity index (χ1v) is 8.38. The minimum Gasteiger partial charge on any atom is -0.492 e. The SMILES string of the molecule is O=C(COC(=O)[C@@H]1COc2ccc(Cl)cc2C1)NCc1ccccc1. The van der Waals surface area contributed by atoms with Crippen LogP contribution < -0.4 is 10.1 Å². The Morgan fingerprint density at radius 1 is 1.20 bits per heavy atom. The summed E-state index contributed by atoms with van der Waals surface area (Å²) in [7, 11) is 0. The Morgan fingerprint density at radius 2 is 2.00 bits per heavy atom. The molecular weight excluding hydrogens is 342 g/mol. The second-order valence-electron chi connectivity index (χ2n) is 5.83. The zero-order chi connectivity index (χ0) is 17.6. The number of ether oxygens (including phenoxy) is 2. The van der Waals surface area contributed by atoms with Crippen LogP contribution in [0.15, 0.2) is 48.5 Å². The number of rotatable bonds is 5. The molecule has 130 valence electrons. The topological polar surface area (TPSA) is 64.6 Å². The summed E-state index contributed by atoms with van der Waals surface area (Å²) < 4.78 is 10.7. The highest BCUT2D eigenvalue weighted by Crippen LogP contribution is 2.30. The molecule has 5 nitrogen and oxygen atoms in total. The van der Waals surface area contributed by atoms with Gasteiger partial charge in [0, 0.05) is 11.6 Å². The van der Waals surface area contributed by atoms with Crippen molar-refractivity contribution in [3.05, 3.63) is 64.7 Å². The molecule has 2 aromatic carbocycles. The third-order valence-electron chi connectivity index (χ3n) is 3.94. The van der Waals surface area contributed by atoms with Gasteiger partial charge in [0.1, 0.15) is 12.4 Å². The van der Waals surface area contributed by atoms with Gasteiger partial charge in [0.25, 0.3) is 5.91 Å². The smallest absolute Gasteiger partial charge is 0.313 e. The van der Waals surface area contributed by atoms with Crippen molar-refractivity contribution in [2.24, 2.45) is 5.92 Å². The number of nitrogens with one attached hydrogen (secondary N) is 1. The normalized spacial score (nSPS) is 15.6. The summed E-state index contributed by atoms with van der Waals surface area (Å²) >= 11 is 5.97. The summed E-state index contributed by atoms with van der Waals surface area (Å²) in [6.07, 6.45) is 0.486. The Labute approximate surface area is 150 Å². The lowest BCUT2D eigenvalue weighted by molar-refractivity contribution is -0.153. The molecule has 0 saturated carbocycles. The van der Waals surface area contributed by atoms with Crippen LogP contribution in [0.2, 0.25) is 5.02 Å². The molecule has 1 amide bonds. The molecule has 2 aromatic rings. The zero-order valence-corrected chi connectivity index (χ0v) is 14.3. The predicted molar refractivity (Wildman–Crippen MR) is 93.4 cm³/mol. The van der Waals surface area contributed by atoms with E-state index in [9.17, 15) is 9.59 Å². The van der Waals surface area contributed by atoms with E-state index in [-0.39, 0.29) is 19.1 Å². The Kier molecular flexibility index (Phi) is 5.56. The number of carbonyl (C=O) groups is 2. The van der Waals surface area contributed by atoms with Crippen LogP contribution in [-0.2, 0) is 27.3 Å². The highest BCUT2D eigenvalue weighted by atomic mass is 35.5. The average Bonchev–Trinajstić information content (AvgIpc) is 2.64. The lowest BCUT2D eigenvalue weighted by Gasteiger charge is -2.24. The first kappa shape index (κ1) is 17.3. The van der Waals surface area contributed by atoms with Crippen molar-refractivity contribution >= 4 is 23.5 Å². The van der Waals surface area contributed by atoms with Crippen molar-refractivity contribution in [1.82, 2.24) is 5.32 Å². The summed E-state index contributed by atoms with van der Waals surface area (Å²) in [6.45, 7) is 0.333. The maximum Gasteiger partial charge on any atom is 0.313 e. The van der Waals surface area contributed by atoms with Crippen LogP contribution >= 0.6 is 11.6 Å². The molecule has 0 fully saturated rings. The Balaban J connectivity index is 1.45. The molecule has 0 spiro atoms. The fourth-order valence-corrected chi connectivity index (χ4v) is 2.81. The predicted octanol–water partition coefficient (Wildman–Crippen LogP) is 2.75. The Morgan fingerprint density at radius 3 is 2.80 bits per heavy atom. The molecule has 1 N–H and O–H groups in total. The standard InChI is InChI=1S/C19H18ClNO4/c20-16-6-7-17-14(9-16)8-15(11-24-17)19(23)25-12-18(22)21-10-13-4-2-1-3-5-13/h1-7,9,15H,8,10-12H2,(H,21,22)/t15-/m0/s1. The van der Waals surface area contributed by atoms with Crippen LogP contribution in [0.5, 0.6) is 5.75 Å². The van der Waals surface area contributed by atoms with Gasteiger partial charge in [0.15, 0.2) is 6.61 Å². The lowest BCUT2D eigenvalue weighted by atomic mass is 9.97. The molecule has 0 aromatic heterocycles. The van der Waals surface area contributed by atoms with Crippen LogP contribution in [0.25, 0.3) is 0 Å². The summed E-state index contributed by atoms with van der Waals surface area (Å²) in [5.74, 6) is -0.486. The van der Waals surface area contributed by atoms with Crippen molar-refractivity contribution < 1.29 is 19.1 Å². The molecular formula is C19H18ClNO4. The summed E-state index contributed by atoms with van der Waals surface area (Å²) in [4.78, 5) is 24.0. The van der Waals surface area contributed by atoms with E-state index in [1.165, 1.54) is 0 Å². The van der Waals surface area contributed by atoms with Crippen LogP contribution in [0, 0.1) is 5.92 Å². The zero-order valence-electron chi connectivity index (χ0n) is 13.5. The Bertz CT molecular complexity index is 763. The van der Waals surface area contributed by atoms with Gasteiger partial charge in [0.2, 0.25) is 0 Å². The van der Waals surface area contributed by atoms with E-state index in [1.54, 1.807) is 18.2 Å². The van der Waals surface area contributed by atoms with Crippen LogP contribution in [0.3, 0.4) is 0 Å². The van der Waals surface area contributed by atoms with Gasteiger partial charge >= 0.3 is 5.97 Å². The van der Waals surface area contributed by atoms with Crippen LogP contribution in [0.4, 0.5) is 0 Å². The number of halogens is 1. The van der Waals surface area contributed by atoms with Gasteiger partial charge in [0.05, 0.1) is 5.92 Å². The third-order valence-corrected chi connectivity index (χ3v) is 4.18. The van der Waals surface area contributed by atoms with E-state index in [1.807, 2.05) is 30.3 Å². The average molecular weight is 360 g/mol. The summed E-state index contributed by atoms with van der Waals surface area (Å²) in [5.41, 5.74) is 1.85. The molecule has 0 aliphatic carbocycles. The van der Waals surface area contributed by atoms with Gasteiger partial charge < -0.3 is 14.8 Å². The number of fused-ring (bicyclic) bond motifs is 1. The molecule has 3 rings (SSSR count). The summed E-state index contributed by atoms with van der Waals surface area (Å²) in [5, 5.41) is 3.31. The molecule has 1 atom stereocenters. The van der Waals surface area contributed by atoms with E-state index < -0.39 is 11.9 Å². The van der Waals surface area contributed by atoms with Crippen molar-refractivity contribution in [2.45, 2.75) is 13.0 Å². The van der Waals surface area contributed by atoms with E-state index >= 15 is 0 Å². The molecule has 1 aliphatic rings. The van der Waals surface area contributed by atoms with Gasteiger partial charge in [-0.3, -0.25) is 9.59 Å². The molecule has 0 radical (unpaired) electrons. The van der Waals surface area contributed by atoms with Crippen molar-refractivity contribution in [1.29, 1.82) is 0 Å². The monoisotopic (exact) mass is 359 g/mol. The van der Waals surface area contributed by atoms with Gasteiger partial charge in [-0.05, 0) is 35.7 Å². The van der Waals surface area contributed by atoms with Crippen LogP contribution in [0.1, 0.15) is 11.1 Å². The van der Waals surface area contributed by atoms with E-state index in [2.05, 4.69) is 5.32 Å².